The largest absolute Gasteiger partial charge is 0.478 e. The van der Waals surface area contributed by atoms with Crippen LogP contribution in [0.1, 0.15) is 15.9 Å². The van der Waals surface area contributed by atoms with Crippen LogP contribution < -0.4 is 11.1 Å². The van der Waals surface area contributed by atoms with Gasteiger partial charge in [0.2, 0.25) is 0 Å². The van der Waals surface area contributed by atoms with Crippen LogP contribution in [0.4, 0.5) is 21.5 Å². The first-order valence-corrected chi connectivity index (χ1v) is 5.64. The quantitative estimate of drug-likeness (QED) is 0.741. The van der Waals surface area contributed by atoms with Crippen molar-refractivity contribution in [1.29, 1.82) is 0 Å². The highest BCUT2D eigenvalue weighted by Gasteiger charge is 2.09. The van der Waals surface area contributed by atoms with Gasteiger partial charge in [-0.15, -0.1) is 0 Å². The Hall–Kier alpha value is -2.56. The van der Waals surface area contributed by atoms with Gasteiger partial charge in [0.1, 0.15) is 5.82 Å². The molecular formula is C14H13FN2O2. The van der Waals surface area contributed by atoms with Gasteiger partial charge in [0.15, 0.2) is 0 Å². The molecule has 0 saturated heterocycles. The molecule has 5 heteroatoms. The van der Waals surface area contributed by atoms with Crippen molar-refractivity contribution in [2.24, 2.45) is 0 Å². The fourth-order valence-electron chi connectivity index (χ4n) is 1.69. The second-order valence-electron chi connectivity index (χ2n) is 4.17. The van der Waals surface area contributed by atoms with Crippen LogP contribution >= 0.6 is 0 Å². The Bertz CT molecular complexity index is 641. The summed E-state index contributed by atoms with van der Waals surface area (Å²) in [7, 11) is 0. The van der Waals surface area contributed by atoms with E-state index < -0.39 is 5.97 Å². The smallest absolute Gasteiger partial charge is 0.335 e. The average Bonchev–Trinajstić information content (AvgIpc) is 2.37. The lowest BCUT2D eigenvalue weighted by Crippen LogP contribution is -2.02. The minimum absolute atomic E-state index is 0.0877. The molecule has 2 aromatic rings. The molecule has 0 saturated carbocycles. The van der Waals surface area contributed by atoms with E-state index in [2.05, 4.69) is 5.32 Å². The molecule has 0 aromatic heterocycles. The van der Waals surface area contributed by atoms with E-state index in [1.807, 2.05) is 0 Å². The molecule has 98 valence electrons. The molecule has 0 radical (unpaired) electrons. The zero-order valence-corrected chi connectivity index (χ0v) is 10.3. The Morgan fingerprint density at radius 1 is 1.26 bits per heavy atom. The zero-order chi connectivity index (χ0) is 14.0. The summed E-state index contributed by atoms with van der Waals surface area (Å²) in [5, 5.41) is 11.7. The third-order valence-corrected chi connectivity index (χ3v) is 2.76. The van der Waals surface area contributed by atoms with Crippen molar-refractivity contribution < 1.29 is 14.3 Å². The van der Waals surface area contributed by atoms with Crippen LogP contribution in [0.15, 0.2) is 36.4 Å². The van der Waals surface area contributed by atoms with Crippen LogP contribution in [0.25, 0.3) is 0 Å². The van der Waals surface area contributed by atoms with E-state index >= 15 is 0 Å². The number of carboxylic acids is 1. The minimum Gasteiger partial charge on any atom is -0.478 e. The molecule has 4 nitrogen and oxygen atoms in total. The van der Waals surface area contributed by atoms with E-state index in [0.717, 1.165) is 0 Å². The number of anilines is 3. The van der Waals surface area contributed by atoms with Crippen molar-refractivity contribution >= 4 is 23.0 Å². The van der Waals surface area contributed by atoms with Gasteiger partial charge in [-0.2, -0.15) is 0 Å². The minimum atomic E-state index is -1.06. The maximum atomic E-state index is 13.9. The number of nitrogen functional groups attached to an aromatic ring is 1. The number of nitrogens with one attached hydrogen (secondary N) is 1. The first-order chi connectivity index (χ1) is 8.99. The van der Waals surface area contributed by atoms with E-state index in [1.165, 1.54) is 18.2 Å². The van der Waals surface area contributed by atoms with E-state index in [0.29, 0.717) is 16.9 Å². The van der Waals surface area contributed by atoms with Gasteiger partial charge in [0.25, 0.3) is 0 Å². The van der Waals surface area contributed by atoms with Crippen molar-refractivity contribution in [2.45, 2.75) is 6.92 Å². The number of benzene rings is 2. The summed E-state index contributed by atoms with van der Waals surface area (Å²) in [5.41, 5.74) is 7.31. The molecule has 19 heavy (non-hydrogen) atoms. The molecule has 0 aliphatic heterocycles. The highest BCUT2D eigenvalue weighted by Crippen LogP contribution is 2.27. The van der Waals surface area contributed by atoms with Crippen molar-refractivity contribution in [2.75, 3.05) is 11.1 Å². The molecule has 0 unspecified atom stereocenters. The number of carboxylic acid groups (broad SMARTS) is 1. The van der Waals surface area contributed by atoms with Crippen molar-refractivity contribution in [3.63, 3.8) is 0 Å². The molecule has 0 aliphatic carbocycles. The van der Waals surface area contributed by atoms with Gasteiger partial charge in [-0.1, -0.05) is 12.1 Å². The molecule has 4 N–H and O–H groups in total. The standard InChI is InChI=1S/C14H13FN2O2/c1-8-3-2-4-11(13(8)15)17-12-7-9(14(18)19)5-6-10(12)16/h2-7,17H,16H2,1H3,(H,18,19). The lowest BCUT2D eigenvalue weighted by Gasteiger charge is -2.12. The number of halogens is 1. The highest BCUT2D eigenvalue weighted by atomic mass is 19.1. The Morgan fingerprint density at radius 3 is 2.68 bits per heavy atom. The van der Waals surface area contributed by atoms with Crippen LogP contribution in [0, 0.1) is 12.7 Å². The summed E-state index contributed by atoms with van der Waals surface area (Å²) in [5.74, 6) is -1.45. The van der Waals surface area contributed by atoms with Gasteiger partial charge in [-0.25, -0.2) is 9.18 Å². The van der Waals surface area contributed by atoms with Gasteiger partial charge in [-0.3, -0.25) is 0 Å². The van der Waals surface area contributed by atoms with Crippen LogP contribution in [0.3, 0.4) is 0 Å². The Kier molecular flexibility index (Phi) is 3.37. The molecule has 0 spiro atoms. The fraction of sp³-hybridized carbons (Fsp3) is 0.0714. The maximum absolute atomic E-state index is 13.9. The number of hydrogen-bond donors (Lipinski definition) is 3. The molecule has 0 fully saturated rings. The molecule has 2 rings (SSSR count). The Balaban J connectivity index is 2.40. The number of aryl methyl sites for hydroxylation is 1. The van der Waals surface area contributed by atoms with Crippen LogP contribution in [0.2, 0.25) is 0 Å². The number of carbonyl (C=O) groups is 1. The summed E-state index contributed by atoms with van der Waals surface area (Å²) in [6.07, 6.45) is 0. The van der Waals surface area contributed by atoms with Crippen molar-refractivity contribution in [3.05, 3.63) is 53.3 Å². The molecule has 0 atom stereocenters. The molecule has 0 heterocycles. The lowest BCUT2D eigenvalue weighted by molar-refractivity contribution is 0.0697. The number of hydrogen-bond acceptors (Lipinski definition) is 3. The van der Waals surface area contributed by atoms with Gasteiger partial charge in [-0.05, 0) is 36.8 Å². The van der Waals surface area contributed by atoms with E-state index in [4.69, 9.17) is 10.8 Å². The lowest BCUT2D eigenvalue weighted by atomic mass is 10.1. The predicted octanol–water partition coefficient (Wildman–Crippen LogP) is 3.16. The second-order valence-corrected chi connectivity index (χ2v) is 4.17. The second kappa shape index (κ2) is 4.97. The van der Waals surface area contributed by atoms with Gasteiger partial charge in [0, 0.05) is 0 Å². The Morgan fingerprint density at radius 2 is 2.00 bits per heavy atom. The third kappa shape index (κ3) is 2.65. The predicted molar refractivity (Wildman–Crippen MR) is 72.2 cm³/mol. The summed E-state index contributed by atoms with van der Waals surface area (Å²) in [6, 6.07) is 9.17. The summed E-state index contributed by atoms with van der Waals surface area (Å²) >= 11 is 0. The first kappa shape index (κ1) is 12.9. The van der Waals surface area contributed by atoms with Crippen molar-refractivity contribution in [3.8, 4) is 0 Å². The molecule has 0 aliphatic rings. The van der Waals surface area contributed by atoms with Crippen molar-refractivity contribution in [1.82, 2.24) is 0 Å². The molecule has 0 amide bonds. The SMILES string of the molecule is Cc1cccc(Nc2cc(C(=O)O)ccc2N)c1F. The Labute approximate surface area is 109 Å². The molecule has 0 bridgehead atoms. The van der Waals surface area contributed by atoms with Gasteiger partial charge >= 0.3 is 5.97 Å². The topological polar surface area (TPSA) is 75.3 Å². The average molecular weight is 260 g/mol. The third-order valence-electron chi connectivity index (χ3n) is 2.76. The summed E-state index contributed by atoms with van der Waals surface area (Å²) < 4.78 is 13.9. The first-order valence-electron chi connectivity index (χ1n) is 5.64. The molecular weight excluding hydrogens is 247 g/mol. The molecule has 2 aromatic carbocycles. The van der Waals surface area contributed by atoms with Crippen LogP contribution in [-0.4, -0.2) is 11.1 Å². The number of nitrogens with two attached hydrogens (primary N) is 1. The monoisotopic (exact) mass is 260 g/mol. The number of rotatable bonds is 3. The fourth-order valence-corrected chi connectivity index (χ4v) is 1.69. The van der Waals surface area contributed by atoms with E-state index in [9.17, 15) is 9.18 Å². The summed E-state index contributed by atoms with van der Waals surface area (Å²) in [6.45, 7) is 1.65. The van der Waals surface area contributed by atoms with E-state index in [1.54, 1.807) is 25.1 Å². The van der Waals surface area contributed by atoms with Gasteiger partial charge in [0.05, 0.1) is 22.6 Å². The van der Waals surface area contributed by atoms with Gasteiger partial charge < -0.3 is 16.2 Å². The van der Waals surface area contributed by atoms with Crippen LogP contribution in [-0.2, 0) is 0 Å². The van der Waals surface area contributed by atoms with Crippen LogP contribution in [0.5, 0.6) is 0 Å². The highest BCUT2D eigenvalue weighted by molar-refractivity contribution is 5.91. The number of aromatic carboxylic acids is 1. The maximum Gasteiger partial charge on any atom is 0.335 e. The van der Waals surface area contributed by atoms with E-state index in [-0.39, 0.29) is 17.1 Å². The zero-order valence-electron chi connectivity index (χ0n) is 10.3. The summed E-state index contributed by atoms with van der Waals surface area (Å²) in [4.78, 5) is 10.9. The normalized spacial score (nSPS) is 10.2.